The lowest BCUT2D eigenvalue weighted by Crippen LogP contribution is -2.03. The summed E-state index contributed by atoms with van der Waals surface area (Å²) in [4.78, 5) is 4.49. The molecule has 130 valence electrons. The van der Waals surface area contributed by atoms with Crippen molar-refractivity contribution in [2.75, 3.05) is 5.73 Å². The molecule has 0 saturated carbocycles. The first-order valence-electron chi connectivity index (χ1n) is 8.48. The quantitative estimate of drug-likeness (QED) is 0.626. The van der Waals surface area contributed by atoms with Crippen molar-refractivity contribution in [1.82, 2.24) is 4.98 Å². The van der Waals surface area contributed by atoms with Gasteiger partial charge in [0.05, 0.1) is 5.69 Å². The van der Waals surface area contributed by atoms with Crippen LogP contribution in [-0.2, 0) is 0 Å². The maximum Gasteiger partial charge on any atom is 0.142 e. The van der Waals surface area contributed by atoms with Gasteiger partial charge in [-0.25, -0.2) is 4.98 Å². The van der Waals surface area contributed by atoms with Gasteiger partial charge < -0.3 is 5.73 Å². The second-order valence-electron chi connectivity index (χ2n) is 6.62. The summed E-state index contributed by atoms with van der Waals surface area (Å²) in [5.74, 6) is 0.693. The van der Waals surface area contributed by atoms with E-state index in [9.17, 15) is 5.26 Å². The molecule has 1 heterocycles. The monoisotopic (exact) mass is 361 g/mol. The number of aromatic nitrogens is 1. The van der Waals surface area contributed by atoms with Gasteiger partial charge in [-0.05, 0) is 41.7 Å². The van der Waals surface area contributed by atoms with Gasteiger partial charge in [0.15, 0.2) is 0 Å². The fourth-order valence-corrected chi connectivity index (χ4v) is 3.22. The van der Waals surface area contributed by atoms with Crippen LogP contribution in [0.1, 0.15) is 36.5 Å². The summed E-state index contributed by atoms with van der Waals surface area (Å²) in [6, 6.07) is 18.0. The van der Waals surface area contributed by atoms with Crippen LogP contribution in [0.3, 0.4) is 0 Å². The molecule has 2 N–H and O–H groups in total. The molecule has 2 aromatic carbocycles. The summed E-state index contributed by atoms with van der Waals surface area (Å²) < 4.78 is 0. The van der Waals surface area contributed by atoms with Gasteiger partial charge in [0.2, 0.25) is 0 Å². The molecule has 0 unspecified atom stereocenters. The molecule has 0 spiro atoms. The molecular formula is C22H20ClN3. The molecule has 0 aliphatic carbocycles. The smallest absolute Gasteiger partial charge is 0.142 e. The summed E-state index contributed by atoms with van der Waals surface area (Å²) in [7, 11) is 0. The van der Waals surface area contributed by atoms with Crippen molar-refractivity contribution in [3.05, 3.63) is 70.2 Å². The normalized spacial score (nSPS) is 10.8. The minimum absolute atomic E-state index is 0.242. The molecule has 0 bridgehead atoms. The average molecular weight is 362 g/mol. The predicted octanol–water partition coefficient (Wildman–Crippen LogP) is 5.95. The zero-order valence-electron chi connectivity index (χ0n) is 15.0. The van der Waals surface area contributed by atoms with Crippen LogP contribution in [0, 0.1) is 18.3 Å². The number of hydrogen-bond acceptors (Lipinski definition) is 3. The van der Waals surface area contributed by atoms with Gasteiger partial charge in [0.25, 0.3) is 0 Å². The SMILES string of the molecule is Cc1c(-c2ccc(Cl)cc2)nc(N)c(C#N)c1-c1ccc(C(C)C)cc1. The van der Waals surface area contributed by atoms with Crippen molar-refractivity contribution in [3.8, 4) is 28.5 Å². The van der Waals surface area contributed by atoms with E-state index in [0.29, 0.717) is 16.5 Å². The minimum atomic E-state index is 0.242. The van der Waals surface area contributed by atoms with E-state index < -0.39 is 0 Å². The molecule has 0 fully saturated rings. The number of anilines is 1. The largest absolute Gasteiger partial charge is 0.383 e. The summed E-state index contributed by atoms with van der Waals surface area (Å²) in [6.45, 7) is 6.29. The first-order valence-corrected chi connectivity index (χ1v) is 8.86. The van der Waals surface area contributed by atoms with Crippen LogP contribution in [0.15, 0.2) is 48.5 Å². The van der Waals surface area contributed by atoms with Gasteiger partial charge in [-0.2, -0.15) is 5.26 Å². The van der Waals surface area contributed by atoms with Gasteiger partial charge in [0, 0.05) is 16.1 Å². The third-order valence-corrected chi connectivity index (χ3v) is 4.82. The van der Waals surface area contributed by atoms with Crippen molar-refractivity contribution in [1.29, 1.82) is 5.26 Å². The molecule has 0 aliphatic heterocycles. The van der Waals surface area contributed by atoms with E-state index in [-0.39, 0.29) is 5.82 Å². The number of hydrogen-bond donors (Lipinski definition) is 1. The third kappa shape index (κ3) is 3.29. The van der Waals surface area contributed by atoms with Gasteiger partial charge in [-0.15, -0.1) is 0 Å². The third-order valence-electron chi connectivity index (χ3n) is 4.56. The highest BCUT2D eigenvalue weighted by Gasteiger charge is 2.18. The first-order chi connectivity index (χ1) is 12.4. The Morgan fingerprint density at radius 2 is 1.58 bits per heavy atom. The van der Waals surface area contributed by atoms with Crippen LogP contribution in [0.5, 0.6) is 0 Å². The highest BCUT2D eigenvalue weighted by Crippen LogP contribution is 2.36. The molecule has 0 atom stereocenters. The average Bonchev–Trinajstić information content (AvgIpc) is 2.64. The summed E-state index contributed by atoms with van der Waals surface area (Å²) in [5.41, 5.74) is 12.2. The van der Waals surface area contributed by atoms with Crippen LogP contribution in [0.4, 0.5) is 5.82 Å². The van der Waals surface area contributed by atoms with Crippen LogP contribution in [-0.4, -0.2) is 4.98 Å². The summed E-state index contributed by atoms with van der Waals surface area (Å²) in [5, 5.41) is 10.3. The number of nitrogens with two attached hydrogens (primary N) is 1. The van der Waals surface area contributed by atoms with E-state index >= 15 is 0 Å². The fraction of sp³-hybridized carbons (Fsp3) is 0.182. The minimum Gasteiger partial charge on any atom is -0.383 e. The maximum atomic E-state index is 9.64. The van der Waals surface area contributed by atoms with Crippen molar-refractivity contribution < 1.29 is 0 Å². The second-order valence-corrected chi connectivity index (χ2v) is 7.05. The zero-order valence-corrected chi connectivity index (χ0v) is 15.8. The topological polar surface area (TPSA) is 62.7 Å². The van der Waals surface area contributed by atoms with Crippen LogP contribution in [0.25, 0.3) is 22.4 Å². The number of nitrogens with zero attached hydrogens (tertiary/aromatic N) is 2. The highest BCUT2D eigenvalue weighted by atomic mass is 35.5. The summed E-state index contributed by atoms with van der Waals surface area (Å²) in [6.07, 6.45) is 0. The second kappa shape index (κ2) is 7.19. The van der Waals surface area contributed by atoms with E-state index in [2.05, 4.69) is 37.0 Å². The highest BCUT2D eigenvalue weighted by molar-refractivity contribution is 6.30. The van der Waals surface area contributed by atoms with Crippen LogP contribution < -0.4 is 5.73 Å². The molecule has 4 heteroatoms. The molecule has 1 aromatic heterocycles. The number of rotatable bonds is 3. The van der Waals surface area contributed by atoms with E-state index in [1.807, 2.05) is 43.3 Å². The van der Waals surface area contributed by atoms with Gasteiger partial charge >= 0.3 is 0 Å². The van der Waals surface area contributed by atoms with Crippen molar-refractivity contribution in [2.45, 2.75) is 26.7 Å². The molecule has 26 heavy (non-hydrogen) atoms. The Bertz CT molecular complexity index is 982. The van der Waals surface area contributed by atoms with Crippen LogP contribution in [0.2, 0.25) is 5.02 Å². The lowest BCUT2D eigenvalue weighted by molar-refractivity contribution is 0.867. The zero-order chi connectivity index (χ0) is 18.8. The molecule has 3 rings (SSSR count). The number of nitriles is 1. The van der Waals surface area contributed by atoms with E-state index in [4.69, 9.17) is 17.3 Å². The van der Waals surface area contributed by atoms with E-state index in [0.717, 1.165) is 27.9 Å². The molecule has 0 saturated heterocycles. The van der Waals surface area contributed by atoms with Gasteiger partial charge in [-0.3, -0.25) is 0 Å². The Hall–Kier alpha value is -2.83. The predicted molar refractivity (Wildman–Crippen MR) is 108 cm³/mol. The lowest BCUT2D eigenvalue weighted by Gasteiger charge is -2.16. The van der Waals surface area contributed by atoms with Gasteiger partial charge in [0.1, 0.15) is 17.5 Å². The number of halogens is 1. The lowest BCUT2D eigenvalue weighted by atomic mass is 9.91. The van der Waals surface area contributed by atoms with Gasteiger partial charge in [-0.1, -0.05) is 61.8 Å². The molecule has 0 amide bonds. The molecule has 3 nitrogen and oxygen atoms in total. The molecule has 0 radical (unpaired) electrons. The number of nitrogen functional groups attached to an aromatic ring is 1. The van der Waals surface area contributed by atoms with Crippen molar-refractivity contribution >= 4 is 17.4 Å². The Kier molecular flexibility index (Phi) is 4.97. The first kappa shape index (κ1) is 18.0. The Morgan fingerprint density at radius 3 is 2.12 bits per heavy atom. The number of benzene rings is 2. The maximum absolute atomic E-state index is 9.64. The molecule has 0 aliphatic rings. The van der Waals surface area contributed by atoms with E-state index in [1.54, 1.807) is 0 Å². The Morgan fingerprint density at radius 1 is 1.00 bits per heavy atom. The molecule has 3 aromatic rings. The Labute approximate surface area is 159 Å². The van der Waals surface area contributed by atoms with Crippen molar-refractivity contribution in [2.24, 2.45) is 0 Å². The Balaban J connectivity index is 2.23. The van der Waals surface area contributed by atoms with Crippen molar-refractivity contribution in [3.63, 3.8) is 0 Å². The number of pyridine rings is 1. The fourth-order valence-electron chi connectivity index (χ4n) is 3.09. The molecular weight excluding hydrogens is 342 g/mol. The van der Waals surface area contributed by atoms with Crippen LogP contribution >= 0.6 is 11.6 Å². The standard InChI is InChI=1S/C22H20ClN3/c1-13(2)15-4-6-16(7-5-15)20-14(3)21(26-22(25)19(20)12-24)17-8-10-18(23)11-9-17/h4-11,13H,1-3H3,(H2,25,26). The van der Waals surface area contributed by atoms with E-state index in [1.165, 1.54) is 5.56 Å². The summed E-state index contributed by atoms with van der Waals surface area (Å²) >= 11 is 6.00.